The maximum Gasteiger partial charge on any atom is 0.261 e. The molecule has 0 amide bonds. The van der Waals surface area contributed by atoms with E-state index in [9.17, 15) is 8.42 Å². The summed E-state index contributed by atoms with van der Waals surface area (Å²) in [6.07, 6.45) is 0. The average molecular weight is 389 g/mol. The lowest BCUT2D eigenvalue weighted by Crippen LogP contribution is -2.12. The van der Waals surface area contributed by atoms with E-state index in [0.29, 0.717) is 10.7 Å². The lowest BCUT2D eigenvalue weighted by atomic mass is 10.2. The molecule has 0 aromatic heterocycles. The first-order valence-electron chi connectivity index (χ1n) is 7.76. The van der Waals surface area contributed by atoms with E-state index in [1.165, 1.54) is 24.3 Å². The van der Waals surface area contributed by atoms with Gasteiger partial charge in [0.25, 0.3) is 10.0 Å². The molecule has 3 aromatic carbocycles. The van der Waals surface area contributed by atoms with Gasteiger partial charge in [-0.05, 0) is 60.7 Å². The Balaban J connectivity index is 1.72. The van der Waals surface area contributed by atoms with Crippen LogP contribution in [0.15, 0.2) is 77.7 Å². The van der Waals surface area contributed by atoms with Crippen molar-refractivity contribution in [3.05, 3.63) is 77.8 Å². The van der Waals surface area contributed by atoms with Gasteiger partial charge in [-0.3, -0.25) is 4.72 Å². The predicted molar refractivity (Wildman–Crippen MR) is 105 cm³/mol. The largest absolute Gasteiger partial charge is 0.497 e. The molecule has 2 N–H and O–H groups in total. The van der Waals surface area contributed by atoms with Crippen LogP contribution >= 0.6 is 11.6 Å². The van der Waals surface area contributed by atoms with Crippen molar-refractivity contribution in [2.45, 2.75) is 4.90 Å². The molecular weight excluding hydrogens is 372 g/mol. The van der Waals surface area contributed by atoms with Crippen molar-refractivity contribution in [1.82, 2.24) is 0 Å². The van der Waals surface area contributed by atoms with Crippen LogP contribution in [-0.2, 0) is 10.0 Å². The highest BCUT2D eigenvalue weighted by atomic mass is 35.5. The highest BCUT2D eigenvalue weighted by molar-refractivity contribution is 7.92. The third-order valence-electron chi connectivity index (χ3n) is 3.62. The van der Waals surface area contributed by atoms with Gasteiger partial charge in [-0.2, -0.15) is 0 Å². The molecule has 0 aliphatic heterocycles. The smallest absolute Gasteiger partial charge is 0.261 e. The Morgan fingerprint density at radius 2 is 1.50 bits per heavy atom. The fraction of sp³-hybridized carbons (Fsp3) is 0.0526. The van der Waals surface area contributed by atoms with Crippen LogP contribution in [0.2, 0.25) is 5.02 Å². The van der Waals surface area contributed by atoms with Crippen LogP contribution in [0.4, 0.5) is 17.1 Å². The van der Waals surface area contributed by atoms with Crippen LogP contribution in [0.25, 0.3) is 0 Å². The van der Waals surface area contributed by atoms with Crippen molar-refractivity contribution in [2.24, 2.45) is 0 Å². The molecule has 7 heteroatoms. The summed E-state index contributed by atoms with van der Waals surface area (Å²) < 4.78 is 32.5. The number of hydrogen-bond donors (Lipinski definition) is 2. The second kappa shape index (κ2) is 7.68. The van der Waals surface area contributed by atoms with Crippen molar-refractivity contribution in [1.29, 1.82) is 0 Å². The van der Waals surface area contributed by atoms with Gasteiger partial charge in [0.2, 0.25) is 0 Å². The fourth-order valence-electron chi connectivity index (χ4n) is 2.32. The molecule has 0 heterocycles. The molecule has 3 aromatic rings. The highest BCUT2D eigenvalue weighted by Gasteiger charge is 2.13. The van der Waals surface area contributed by atoms with Gasteiger partial charge in [0, 0.05) is 28.2 Å². The summed E-state index contributed by atoms with van der Waals surface area (Å²) in [5.74, 6) is 0.752. The van der Waals surface area contributed by atoms with Gasteiger partial charge >= 0.3 is 0 Å². The summed E-state index contributed by atoms with van der Waals surface area (Å²) in [5, 5.41) is 3.72. The molecule has 0 bridgehead atoms. The van der Waals surface area contributed by atoms with Gasteiger partial charge in [0.05, 0.1) is 12.0 Å². The highest BCUT2D eigenvalue weighted by Crippen LogP contribution is 2.24. The monoisotopic (exact) mass is 388 g/mol. The zero-order valence-corrected chi connectivity index (χ0v) is 15.5. The Morgan fingerprint density at radius 1 is 0.846 bits per heavy atom. The first-order chi connectivity index (χ1) is 12.5. The van der Waals surface area contributed by atoms with Crippen LogP contribution in [0.1, 0.15) is 0 Å². The summed E-state index contributed by atoms with van der Waals surface area (Å²) in [4.78, 5) is 0.153. The first kappa shape index (κ1) is 18.1. The molecule has 26 heavy (non-hydrogen) atoms. The number of sulfonamides is 1. The van der Waals surface area contributed by atoms with E-state index in [1.54, 1.807) is 31.4 Å². The molecular formula is C19H17ClN2O3S. The molecule has 3 rings (SSSR count). The maximum atomic E-state index is 12.4. The van der Waals surface area contributed by atoms with Crippen molar-refractivity contribution >= 4 is 38.7 Å². The normalized spacial score (nSPS) is 11.0. The molecule has 0 saturated carbocycles. The first-order valence-corrected chi connectivity index (χ1v) is 9.62. The number of benzene rings is 3. The summed E-state index contributed by atoms with van der Waals surface area (Å²) in [5.41, 5.74) is 2.17. The second-order valence-corrected chi connectivity index (χ2v) is 7.61. The molecule has 134 valence electrons. The third-order valence-corrected chi connectivity index (χ3v) is 5.27. The van der Waals surface area contributed by atoms with E-state index in [-0.39, 0.29) is 4.90 Å². The molecule has 0 fully saturated rings. The molecule has 5 nitrogen and oxygen atoms in total. The zero-order valence-electron chi connectivity index (χ0n) is 13.9. The Labute approximate surface area is 157 Å². The fourth-order valence-corrected chi connectivity index (χ4v) is 3.50. The van der Waals surface area contributed by atoms with Crippen LogP contribution in [0.5, 0.6) is 5.75 Å². The number of rotatable bonds is 6. The Kier molecular flexibility index (Phi) is 5.35. The molecule has 0 radical (unpaired) electrons. The van der Waals surface area contributed by atoms with Crippen LogP contribution in [0, 0.1) is 0 Å². The van der Waals surface area contributed by atoms with E-state index >= 15 is 0 Å². The Hall–Kier alpha value is -2.70. The maximum absolute atomic E-state index is 12.4. The predicted octanol–water partition coefficient (Wildman–Crippen LogP) is 4.89. The van der Waals surface area contributed by atoms with Crippen LogP contribution < -0.4 is 14.8 Å². The summed E-state index contributed by atoms with van der Waals surface area (Å²) in [7, 11) is -2.04. The average Bonchev–Trinajstić information content (AvgIpc) is 2.64. The molecule has 0 atom stereocenters. The van der Waals surface area contributed by atoms with Gasteiger partial charge in [-0.25, -0.2) is 8.42 Å². The molecule has 0 aliphatic rings. The molecule has 0 saturated heterocycles. The van der Waals surface area contributed by atoms with Crippen LogP contribution in [-0.4, -0.2) is 15.5 Å². The van der Waals surface area contributed by atoms with Gasteiger partial charge in [-0.15, -0.1) is 0 Å². The lowest BCUT2D eigenvalue weighted by Gasteiger charge is -2.11. The van der Waals surface area contributed by atoms with Gasteiger partial charge in [-0.1, -0.05) is 17.7 Å². The van der Waals surface area contributed by atoms with Crippen molar-refractivity contribution in [3.63, 3.8) is 0 Å². The SMILES string of the molecule is COc1cccc(Nc2ccc(NS(=O)(=O)c3ccc(Cl)cc3)cc2)c1. The van der Waals surface area contributed by atoms with E-state index < -0.39 is 10.0 Å². The lowest BCUT2D eigenvalue weighted by molar-refractivity contribution is 0.415. The second-order valence-electron chi connectivity index (χ2n) is 5.49. The third kappa shape index (κ3) is 4.47. The zero-order chi connectivity index (χ0) is 18.6. The minimum atomic E-state index is -3.66. The van der Waals surface area contributed by atoms with E-state index in [0.717, 1.165) is 17.1 Å². The van der Waals surface area contributed by atoms with Gasteiger partial charge in [0.15, 0.2) is 0 Å². The summed E-state index contributed by atoms with van der Waals surface area (Å²) >= 11 is 5.79. The Morgan fingerprint density at radius 3 is 2.15 bits per heavy atom. The van der Waals surface area contributed by atoms with Gasteiger partial charge in [0.1, 0.15) is 5.75 Å². The van der Waals surface area contributed by atoms with Crippen LogP contribution in [0.3, 0.4) is 0 Å². The number of halogens is 1. The number of nitrogens with one attached hydrogen (secondary N) is 2. The minimum Gasteiger partial charge on any atom is -0.497 e. The number of methoxy groups -OCH3 is 1. The van der Waals surface area contributed by atoms with E-state index in [2.05, 4.69) is 10.0 Å². The minimum absolute atomic E-state index is 0.153. The topological polar surface area (TPSA) is 67.4 Å². The standard InChI is InChI=1S/C19H17ClN2O3S/c1-25-18-4-2-3-17(13-18)21-15-7-9-16(10-8-15)22-26(23,24)19-11-5-14(20)6-12-19/h2-13,21-22H,1H3. The van der Waals surface area contributed by atoms with E-state index in [1.807, 2.05) is 24.3 Å². The van der Waals surface area contributed by atoms with E-state index in [4.69, 9.17) is 16.3 Å². The molecule has 0 spiro atoms. The Bertz CT molecular complexity index is 988. The summed E-state index contributed by atoms with van der Waals surface area (Å²) in [6.45, 7) is 0. The molecule has 0 unspecified atom stereocenters. The summed E-state index contributed by atoms with van der Waals surface area (Å²) in [6, 6.07) is 20.5. The van der Waals surface area contributed by atoms with Crippen molar-refractivity contribution in [2.75, 3.05) is 17.1 Å². The number of ether oxygens (including phenoxy) is 1. The van der Waals surface area contributed by atoms with Crippen molar-refractivity contribution in [3.8, 4) is 5.75 Å². The number of hydrogen-bond acceptors (Lipinski definition) is 4. The number of anilines is 3. The molecule has 0 aliphatic carbocycles. The van der Waals surface area contributed by atoms with Crippen molar-refractivity contribution < 1.29 is 13.2 Å². The van der Waals surface area contributed by atoms with Gasteiger partial charge < -0.3 is 10.1 Å². The quantitative estimate of drug-likeness (QED) is 0.630.